The zero-order valence-electron chi connectivity index (χ0n) is 22.5. The summed E-state index contributed by atoms with van der Waals surface area (Å²) in [7, 11) is -2.05. The first-order valence-electron chi connectivity index (χ1n) is 13.6. The number of aromatic nitrogens is 1. The van der Waals surface area contributed by atoms with Gasteiger partial charge in [0.25, 0.3) is 0 Å². The zero-order valence-corrected chi connectivity index (χ0v) is 23.5. The molecule has 0 amide bonds. The van der Waals surface area contributed by atoms with Crippen molar-refractivity contribution in [3.8, 4) is 0 Å². The van der Waals surface area contributed by atoms with Crippen LogP contribution >= 0.6 is 0 Å². The van der Waals surface area contributed by atoms with E-state index in [1.165, 1.54) is 59.1 Å². The summed E-state index contributed by atoms with van der Waals surface area (Å²) in [4.78, 5) is 23.7. The molecule has 1 N–H and O–H groups in total. The summed E-state index contributed by atoms with van der Waals surface area (Å²) in [5.74, 6) is -0.949. The van der Waals surface area contributed by atoms with Gasteiger partial charge in [0, 0.05) is 37.1 Å². The van der Waals surface area contributed by atoms with E-state index in [9.17, 15) is 9.90 Å². The Bertz CT molecular complexity index is 1360. The van der Waals surface area contributed by atoms with E-state index in [2.05, 4.69) is 61.3 Å². The van der Waals surface area contributed by atoms with Crippen LogP contribution in [0.3, 0.4) is 0 Å². The zero-order chi connectivity index (χ0) is 26.2. The van der Waals surface area contributed by atoms with Crippen LogP contribution in [0.25, 0.3) is 5.57 Å². The lowest BCUT2D eigenvalue weighted by Gasteiger charge is -2.38. The van der Waals surface area contributed by atoms with Crippen LogP contribution in [-0.4, -0.2) is 49.5 Å². The molecule has 2 aromatic rings. The third-order valence-corrected chi connectivity index (χ3v) is 11.5. The Labute approximate surface area is 221 Å². The first-order valence-corrected chi connectivity index (χ1v) is 16.6. The third-order valence-electron chi connectivity index (χ3n) is 7.98. The van der Waals surface area contributed by atoms with Gasteiger partial charge in [-0.2, -0.15) is 0 Å². The van der Waals surface area contributed by atoms with E-state index >= 15 is 0 Å². The number of carboxylic acids is 1. The number of unbranched alkanes of at least 4 members (excludes halogenated alkanes) is 2. The van der Waals surface area contributed by atoms with Crippen LogP contribution in [-0.2, 0) is 0 Å². The summed E-state index contributed by atoms with van der Waals surface area (Å²) in [6, 6.07) is 8.72. The molecule has 192 valence electrons. The molecule has 0 radical (unpaired) electrons. The molecule has 2 aliphatic heterocycles. The number of anilines is 1. The molecule has 0 bridgehead atoms. The standard InChI is InChI=1S/C31H37N3O2Si/c1-5-6-7-14-32-23-10-12-25-27(18-23)37(3,4)28-19-24(34-15-8-9-16-34)11-13-26(28)29(25)30-21(2)17-22(20-33-30)31(35)36/h10-13,17-20H,5-9,14-16H2,1-4H3,(H,35,36)/b32-23-. The van der Waals surface area contributed by atoms with E-state index in [1.54, 1.807) is 6.07 Å². The molecule has 5 nitrogen and oxygen atoms in total. The van der Waals surface area contributed by atoms with Crippen LogP contribution in [0.5, 0.6) is 0 Å². The molecular weight excluding hydrogens is 474 g/mol. The van der Waals surface area contributed by atoms with Crippen molar-refractivity contribution in [1.29, 1.82) is 0 Å². The van der Waals surface area contributed by atoms with Gasteiger partial charge < -0.3 is 10.0 Å². The fraction of sp³-hybridized carbons (Fsp3) is 0.387. The van der Waals surface area contributed by atoms with Gasteiger partial charge in [-0.15, -0.1) is 0 Å². The molecule has 3 heterocycles. The van der Waals surface area contributed by atoms with Crippen LogP contribution in [0.15, 0.2) is 64.5 Å². The van der Waals surface area contributed by atoms with Crippen molar-refractivity contribution in [3.63, 3.8) is 0 Å². The van der Waals surface area contributed by atoms with Crippen LogP contribution < -0.4 is 10.1 Å². The normalized spacial score (nSPS) is 19.2. The van der Waals surface area contributed by atoms with Crippen molar-refractivity contribution in [1.82, 2.24) is 4.98 Å². The lowest BCUT2D eigenvalue weighted by molar-refractivity contribution is 0.0696. The number of rotatable bonds is 7. The Morgan fingerprint density at radius 2 is 1.92 bits per heavy atom. The summed E-state index contributed by atoms with van der Waals surface area (Å²) < 4.78 is 0. The summed E-state index contributed by atoms with van der Waals surface area (Å²) in [5.41, 5.74) is 7.88. The monoisotopic (exact) mass is 511 g/mol. The maximum Gasteiger partial charge on any atom is 0.337 e. The van der Waals surface area contributed by atoms with E-state index in [-0.39, 0.29) is 5.56 Å². The number of hydrogen-bond donors (Lipinski definition) is 1. The second-order valence-electron chi connectivity index (χ2n) is 10.9. The number of pyridine rings is 1. The van der Waals surface area contributed by atoms with Gasteiger partial charge in [-0.1, -0.05) is 45.0 Å². The predicted molar refractivity (Wildman–Crippen MR) is 156 cm³/mol. The molecule has 1 aliphatic carbocycles. The fourth-order valence-corrected chi connectivity index (χ4v) is 8.94. The summed E-state index contributed by atoms with van der Waals surface area (Å²) in [6.45, 7) is 12.2. The predicted octanol–water partition coefficient (Wildman–Crippen LogP) is 6.09. The number of carbonyl (C=O) groups is 1. The lowest BCUT2D eigenvalue weighted by atomic mass is 9.90. The molecule has 1 fully saturated rings. The van der Waals surface area contributed by atoms with Crippen LogP contribution in [0.1, 0.15) is 66.2 Å². The minimum absolute atomic E-state index is 0.221. The van der Waals surface area contributed by atoms with Crippen molar-refractivity contribution < 1.29 is 9.90 Å². The number of aliphatic imine (C=N–C) groups is 1. The van der Waals surface area contributed by atoms with Gasteiger partial charge in [0.15, 0.2) is 0 Å². The van der Waals surface area contributed by atoms with Crippen molar-refractivity contribution in [2.24, 2.45) is 4.99 Å². The van der Waals surface area contributed by atoms with Gasteiger partial charge in [-0.3, -0.25) is 9.98 Å². The fourth-order valence-electron chi connectivity index (χ4n) is 5.87. The highest BCUT2D eigenvalue weighted by molar-refractivity contribution is 6.98. The van der Waals surface area contributed by atoms with Crippen molar-refractivity contribution >= 4 is 36.2 Å². The number of carboxylic acid groups (broad SMARTS) is 1. The SMILES string of the molecule is CCCCC/N=C1/C=CC2=C(c3ncc(C(=O)O)cc3C)c3ccc(N4CCCC4)cc3[Si](C)(C)C2=C1. The van der Waals surface area contributed by atoms with Gasteiger partial charge in [-0.25, -0.2) is 4.79 Å². The molecule has 1 saturated heterocycles. The van der Waals surface area contributed by atoms with Crippen LogP contribution in [0.4, 0.5) is 5.69 Å². The molecule has 1 aromatic carbocycles. The van der Waals surface area contributed by atoms with Crippen molar-refractivity contribution in [2.45, 2.75) is 59.0 Å². The molecule has 0 atom stereocenters. The van der Waals surface area contributed by atoms with E-state index in [0.717, 1.165) is 48.6 Å². The average molecular weight is 512 g/mol. The molecule has 6 heteroatoms. The van der Waals surface area contributed by atoms with E-state index < -0.39 is 14.0 Å². The minimum Gasteiger partial charge on any atom is -0.478 e. The summed E-state index contributed by atoms with van der Waals surface area (Å²) >= 11 is 0. The smallest absolute Gasteiger partial charge is 0.337 e. The molecule has 37 heavy (non-hydrogen) atoms. The molecule has 0 spiro atoms. The number of nitrogens with zero attached hydrogens (tertiary/aromatic N) is 3. The highest BCUT2D eigenvalue weighted by atomic mass is 28.3. The number of fused-ring (bicyclic) bond motifs is 2. The van der Waals surface area contributed by atoms with Crippen molar-refractivity contribution in [2.75, 3.05) is 24.5 Å². The van der Waals surface area contributed by atoms with Gasteiger partial charge in [0.05, 0.1) is 17.0 Å². The number of hydrogen-bond acceptors (Lipinski definition) is 4. The topological polar surface area (TPSA) is 65.8 Å². The Morgan fingerprint density at radius 1 is 1.14 bits per heavy atom. The minimum atomic E-state index is -2.05. The quantitative estimate of drug-likeness (QED) is 0.361. The first-order chi connectivity index (χ1) is 17.8. The number of aromatic carboxylic acids is 1. The Kier molecular flexibility index (Phi) is 7.04. The Balaban J connectivity index is 1.69. The Morgan fingerprint density at radius 3 is 2.62 bits per heavy atom. The number of allylic oxidation sites excluding steroid dienone is 5. The van der Waals surface area contributed by atoms with E-state index in [4.69, 9.17) is 9.98 Å². The van der Waals surface area contributed by atoms with Crippen LogP contribution in [0, 0.1) is 6.92 Å². The van der Waals surface area contributed by atoms with Crippen LogP contribution in [0.2, 0.25) is 13.1 Å². The highest BCUT2D eigenvalue weighted by Crippen LogP contribution is 2.42. The molecule has 0 saturated carbocycles. The lowest BCUT2D eigenvalue weighted by Crippen LogP contribution is -2.49. The first kappa shape index (κ1) is 25.4. The molecule has 3 aliphatic rings. The maximum absolute atomic E-state index is 11.6. The van der Waals surface area contributed by atoms with Gasteiger partial charge in [-0.05, 0) is 83.6 Å². The van der Waals surface area contributed by atoms with Gasteiger partial charge >= 0.3 is 5.97 Å². The summed E-state index contributed by atoms with van der Waals surface area (Å²) in [6.07, 6.45) is 14.2. The molecular formula is C31H37N3O2Si. The van der Waals surface area contributed by atoms with E-state index in [1.807, 2.05) is 6.92 Å². The maximum atomic E-state index is 11.6. The largest absolute Gasteiger partial charge is 0.478 e. The number of benzene rings is 1. The summed E-state index contributed by atoms with van der Waals surface area (Å²) in [5, 5.41) is 12.3. The van der Waals surface area contributed by atoms with Crippen molar-refractivity contribution in [3.05, 3.63) is 81.8 Å². The molecule has 5 rings (SSSR count). The highest BCUT2D eigenvalue weighted by Gasteiger charge is 2.40. The second-order valence-corrected chi connectivity index (χ2v) is 15.3. The number of aryl methyl sites for hydroxylation is 1. The average Bonchev–Trinajstić information content (AvgIpc) is 3.43. The van der Waals surface area contributed by atoms with E-state index in [0.29, 0.717) is 0 Å². The third kappa shape index (κ3) is 4.75. The van der Waals surface area contributed by atoms with Gasteiger partial charge in [0.2, 0.25) is 0 Å². The molecule has 1 aromatic heterocycles. The van der Waals surface area contributed by atoms with Gasteiger partial charge in [0.1, 0.15) is 8.07 Å². The molecule has 0 unspecified atom stereocenters. The second kappa shape index (κ2) is 10.2. The Hall–Kier alpha value is -3.25.